The van der Waals surface area contributed by atoms with E-state index in [9.17, 15) is 0 Å². The first-order valence-corrected chi connectivity index (χ1v) is 8.91. The van der Waals surface area contributed by atoms with E-state index in [-0.39, 0.29) is 0 Å². The molecule has 1 aromatic carbocycles. The van der Waals surface area contributed by atoms with Gasteiger partial charge >= 0.3 is 0 Å². The second kappa shape index (κ2) is 9.09. The van der Waals surface area contributed by atoms with Crippen LogP contribution in [0.25, 0.3) is 0 Å². The maximum atomic E-state index is 3.67. The SMILES string of the molecule is CCCNC(CC)CCCN1CCCCc2ccccc21. The van der Waals surface area contributed by atoms with Crippen LogP contribution in [0.3, 0.4) is 0 Å². The molecule has 118 valence electrons. The molecule has 1 heterocycles. The van der Waals surface area contributed by atoms with E-state index >= 15 is 0 Å². The minimum absolute atomic E-state index is 0.701. The van der Waals surface area contributed by atoms with Gasteiger partial charge in [0, 0.05) is 24.8 Å². The number of anilines is 1. The van der Waals surface area contributed by atoms with Crippen LogP contribution in [0.2, 0.25) is 0 Å². The normalized spacial score (nSPS) is 16.4. The maximum absolute atomic E-state index is 3.67. The number of hydrogen-bond donors (Lipinski definition) is 1. The van der Waals surface area contributed by atoms with E-state index in [1.54, 1.807) is 5.56 Å². The third-order valence-corrected chi connectivity index (χ3v) is 4.61. The van der Waals surface area contributed by atoms with Crippen molar-refractivity contribution in [2.45, 2.75) is 64.8 Å². The summed E-state index contributed by atoms with van der Waals surface area (Å²) in [6.45, 7) is 8.14. The minimum Gasteiger partial charge on any atom is -0.371 e. The van der Waals surface area contributed by atoms with E-state index in [1.807, 2.05) is 0 Å². The van der Waals surface area contributed by atoms with Crippen LogP contribution in [0.5, 0.6) is 0 Å². The molecule has 0 saturated carbocycles. The van der Waals surface area contributed by atoms with E-state index in [2.05, 4.69) is 48.3 Å². The number of fused-ring (bicyclic) bond motifs is 1. The molecule has 21 heavy (non-hydrogen) atoms. The second-order valence-corrected chi connectivity index (χ2v) is 6.27. The Bertz CT molecular complexity index is 402. The van der Waals surface area contributed by atoms with Gasteiger partial charge in [-0.1, -0.05) is 32.0 Å². The first-order valence-electron chi connectivity index (χ1n) is 8.91. The van der Waals surface area contributed by atoms with Gasteiger partial charge in [0.05, 0.1) is 0 Å². The molecule has 2 nitrogen and oxygen atoms in total. The fraction of sp³-hybridized carbons (Fsp3) is 0.684. The number of aryl methyl sites for hydroxylation is 1. The van der Waals surface area contributed by atoms with Gasteiger partial charge in [0.15, 0.2) is 0 Å². The van der Waals surface area contributed by atoms with Crippen molar-refractivity contribution in [3.63, 3.8) is 0 Å². The molecule has 0 fully saturated rings. The number of benzene rings is 1. The van der Waals surface area contributed by atoms with Gasteiger partial charge in [-0.15, -0.1) is 0 Å². The summed E-state index contributed by atoms with van der Waals surface area (Å²) in [6, 6.07) is 9.70. The number of nitrogens with one attached hydrogen (secondary N) is 1. The lowest BCUT2D eigenvalue weighted by Crippen LogP contribution is -2.31. The number of nitrogens with zero attached hydrogens (tertiary/aromatic N) is 1. The minimum atomic E-state index is 0.701. The van der Waals surface area contributed by atoms with Crippen LogP contribution in [-0.2, 0) is 6.42 Å². The number of hydrogen-bond acceptors (Lipinski definition) is 2. The molecule has 1 N–H and O–H groups in total. The molecule has 0 amide bonds. The fourth-order valence-corrected chi connectivity index (χ4v) is 3.33. The van der Waals surface area contributed by atoms with Crippen molar-refractivity contribution in [1.29, 1.82) is 0 Å². The molecule has 0 aromatic heterocycles. The van der Waals surface area contributed by atoms with Gasteiger partial charge in [-0.25, -0.2) is 0 Å². The summed E-state index contributed by atoms with van der Waals surface area (Å²) in [6.07, 6.45) is 9.00. The molecule has 0 bridgehead atoms. The number of para-hydroxylation sites is 1. The van der Waals surface area contributed by atoms with Crippen LogP contribution in [0.4, 0.5) is 5.69 Å². The predicted octanol–water partition coefficient (Wildman–Crippen LogP) is 4.39. The quantitative estimate of drug-likeness (QED) is 0.763. The third-order valence-electron chi connectivity index (χ3n) is 4.61. The van der Waals surface area contributed by atoms with Crippen molar-refractivity contribution in [3.8, 4) is 0 Å². The summed E-state index contributed by atoms with van der Waals surface area (Å²) < 4.78 is 0. The Labute approximate surface area is 130 Å². The predicted molar refractivity (Wildman–Crippen MR) is 93.2 cm³/mol. The fourth-order valence-electron chi connectivity index (χ4n) is 3.33. The molecule has 1 atom stereocenters. The highest BCUT2D eigenvalue weighted by Gasteiger charge is 2.14. The zero-order chi connectivity index (χ0) is 14.9. The summed E-state index contributed by atoms with van der Waals surface area (Å²) in [7, 11) is 0. The van der Waals surface area contributed by atoms with Gasteiger partial charge in [-0.05, 0) is 63.1 Å². The van der Waals surface area contributed by atoms with Gasteiger partial charge in [0.25, 0.3) is 0 Å². The summed E-state index contributed by atoms with van der Waals surface area (Å²) in [5.74, 6) is 0. The molecular weight excluding hydrogens is 256 g/mol. The van der Waals surface area contributed by atoms with Crippen molar-refractivity contribution in [2.75, 3.05) is 24.5 Å². The van der Waals surface area contributed by atoms with Crippen LogP contribution in [0, 0.1) is 0 Å². The zero-order valence-electron chi connectivity index (χ0n) is 13.9. The summed E-state index contributed by atoms with van der Waals surface area (Å²) >= 11 is 0. The van der Waals surface area contributed by atoms with Gasteiger partial charge in [-0.2, -0.15) is 0 Å². The van der Waals surface area contributed by atoms with Gasteiger partial charge in [-0.3, -0.25) is 0 Å². The van der Waals surface area contributed by atoms with E-state index in [1.165, 1.54) is 63.7 Å². The summed E-state index contributed by atoms with van der Waals surface area (Å²) in [5, 5.41) is 3.67. The Balaban J connectivity index is 1.85. The Morgan fingerprint density at radius 3 is 2.86 bits per heavy atom. The largest absolute Gasteiger partial charge is 0.371 e. The second-order valence-electron chi connectivity index (χ2n) is 6.27. The van der Waals surface area contributed by atoms with Crippen LogP contribution < -0.4 is 10.2 Å². The maximum Gasteiger partial charge on any atom is 0.0398 e. The van der Waals surface area contributed by atoms with Crippen molar-refractivity contribution in [2.24, 2.45) is 0 Å². The third kappa shape index (κ3) is 5.03. The van der Waals surface area contributed by atoms with Crippen LogP contribution in [0.15, 0.2) is 24.3 Å². The molecule has 1 unspecified atom stereocenters. The van der Waals surface area contributed by atoms with E-state index in [0.29, 0.717) is 6.04 Å². The molecule has 1 aromatic rings. The highest BCUT2D eigenvalue weighted by atomic mass is 15.1. The number of rotatable bonds is 8. The van der Waals surface area contributed by atoms with Crippen molar-refractivity contribution in [3.05, 3.63) is 29.8 Å². The first-order chi connectivity index (χ1) is 10.3. The Hall–Kier alpha value is -1.02. The standard InChI is InChI=1S/C19H32N2/c1-3-14-20-18(4-2)12-9-16-21-15-8-7-11-17-10-5-6-13-19(17)21/h5-6,10,13,18,20H,3-4,7-9,11-12,14-16H2,1-2H3. The van der Waals surface area contributed by atoms with E-state index < -0.39 is 0 Å². The Morgan fingerprint density at radius 2 is 2.05 bits per heavy atom. The Kier molecular flexibility index (Phi) is 7.08. The molecule has 0 aliphatic carbocycles. The van der Waals surface area contributed by atoms with Gasteiger partial charge in [0.1, 0.15) is 0 Å². The summed E-state index contributed by atoms with van der Waals surface area (Å²) in [4.78, 5) is 2.62. The average molecular weight is 288 g/mol. The molecule has 0 radical (unpaired) electrons. The molecule has 2 rings (SSSR count). The molecule has 0 spiro atoms. The van der Waals surface area contributed by atoms with Gasteiger partial charge in [0.2, 0.25) is 0 Å². The summed E-state index contributed by atoms with van der Waals surface area (Å²) in [5.41, 5.74) is 3.04. The first kappa shape index (κ1) is 16.4. The topological polar surface area (TPSA) is 15.3 Å². The molecule has 1 aliphatic rings. The molecule has 1 aliphatic heterocycles. The monoisotopic (exact) mass is 288 g/mol. The highest BCUT2D eigenvalue weighted by Crippen LogP contribution is 2.26. The molecule has 2 heteroatoms. The Morgan fingerprint density at radius 1 is 1.19 bits per heavy atom. The van der Waals surface area contributed by atoms with Crippen molar-refractivity contribution in [1.82, 2.24) is 5.32 Å². The van der Waals surface area contributed by atoms with Crippen molar-refractivity contribution >= 4 is 5.69 Å². The van der Waals surface area contributed by atoms with Crippen LogP contribution in [0.1, 0.15) is 57.9 Å². The lowest BCUT2D eigenvalue weighted by atomic mass is 10.1. The zero-order valence-corrected chi connectivity index (χ0v) is 13.9. The van der Waals surface area contributed by atoms with Crippen LogP contribution in [-0.4, -0.2) is 25.7 Å². The average Bonchev–Trinajstić information content (AvgIpc) is 2.73. The smallest absolute Gasteiger partial charge is 0.0398 e. The molecule has 0 saturated heterocycles. The molecular formula is C19H32N2. The lowest BCUT2D eigenvalue weighted by Gasteiger charge is -2.26. The van der Waals surface area contributed by atoms with E-state index in [0.717, 1.165) is 6.54 Å². The highest BCUT2D eigenvalue weighted by molar-refractivity contribution is 5.54. The van der Waals surface area contributed by atoms with Crippen molar-refractivity contribution < 1.29 is 0 Å². The van der Waals surface area contributed by atoms with E-state index in [4.69, 9.17) is 0 Å². The van der Waals surface area contributed by atoms with Crippen LogP contribution >= 0.6 is 0 Å². The van der Waals surface area contributed by atoms with Gasteiger partial charge < -0.3 is 10.2 Å². The lowest BCUT2D eigenvalue weighted by molar-refractivity contribution is 0.455.